The molecule has 1 amide bonds. The summed E-state index contributed by atoms with van der Waals surface area (Å²) in [7, 11) is 0. The zero-order valence-electron chi connectivity index (χ0n) is 12.9. The largest absolute Gasteiger partial charge is 0.479 e. The molecule has 1 aromatic rings. The monoisotopic (exact) mass is 369 g/mol. The molecule has 22 heavy (non-hydrogen) atoms. The zero-order valence-corrected chi connectivity index (χ0v) is 14.4. The van der Waals surface area contributed by atoms with Crippen LogP contribution in [0.25, 0.3) is 0 Å². The molecule has 0 aromatic heterocycles. The minimum absolute atomic E-state index is 0.184. The van der Waals surface area contributed by atoms with Crippen LogP contribution in [0.4, 0.5) is 0 Å². The number of benzene rings is 1. The minimum Gasteiger partial charge on any atom is -0.479 e. The normalized spacial score (nSPS) is 26.1. The van der Waals surface area contributed by atoms with Crippen molar-refractivity contribution in [3.8, 4) is 0 Å². The van der Waals surface area contributed by atoms with Crippen molar-refractivity contribution in [3.63, 3.8) is 0 Å². The van der Waals surface area contributed by atoms with E-state index < -0.39 is 22.8 Å². The van der Waals surface area contributed by atoms with Gasteiger partial charge in [0.05, 0.1) is 6.10 Å². The maximum atomic E-state index is 12.4. The van der Waals surface area contributed by atoms with Gasteiger partial charge in [-0.1, -0.05) is 35.8 Å². The van der Waals surface area contributed by atoms with Crippen molar-refractivity contribution in [1.82, 2.24) is 5.32 Å². The number of carbonyl (C=O) groups excluding carboxylic acids is 1. The summed E-state index contributed by atoms with van der Waals surface area (Å²) in [6, 6.07) is 6.86. The third kappa shape index (κ3) is 2.65. The Morgan fingerprint density at radius 1 is 1.45 bits per heavy atom. The summed E-state index contributed by atoms with van der Waals surface area (Å²) >= 11 is 3.31. The highest BCUT2D eigenvalue weighted by atomic mass is 79.9. The lowest BCUT2D eigenvalue weighted by molar-refractivity contribution is -0.190. The number of halogens is 1. The molecule has 1 aliphatic rings. The molecule has 0 saturated heterocycles. The third-order valence-electron chi connectivity index (χ3n) is 4.54. The molecule has 0 aliphatic heterocycles. The molecule has 2 unspecified atom stereocenters. The first-order valence-electron chi connectivity index (χ1n) is 7.17. The molecule has 5 nitrogen and oxygen atoms in total. The molecule has 6 heteroatoms. The number of rotatable bonds is 5. The van der Waals surface area contributed by atoms with E-state index in [4.69, 9.17) is 4.74 Å². The molecule has 2 rings (SSSR count). The second-order valence-electron chi connectivity index (χ2n) is 6.04. The van der Waals surface area contributed by atoms with Gasteiger partial charge < -0.3 is 15.2 Å². The number of hydrogen-bond acceptors (Lipinski definition) is 3. The van der Waals surface area contributed by atoms with Gasteiger partial charge in [-0.25, -0.2) is 4.79 Å². The molecule has 1 fully saturated rings. The predicted molar refractivity (Wildman–Crippen MR) is 85.8 cm³/mol. The number of carboxylic acid groups (broad SMARTS) is 1. The van der Waals surface area contributed by atoms with E-state index in [1.165, 1.54) is 0 Å². The van der Waals surface area contributed by atoms with Crippen molar-refractivity contribution in [2.45, 2.75) is 38.8 Å². The molecule has 0 bridgehead atoms. The first kappa shape index (κ1) is 17.0. The summed E-state index contributed by atoms with van der Waals surface area (Å²) in [6.07, 6.45) is 0.0829. The van der Waals surface area contributed by atoms with E-state index in [-0.39, 0.29) is 12.5 Å². The maximum Gasteiger partial charge on any atom is 0.330 e. The molecule has 0 radical (unpaired) electrons. The summed E-state index contributed by atoms with van der Waals surface area (Å²) in [6.45, 7) is 6.01. The van der Waals surface area contributed by atoms with Gasteiger partial charge in [-0.15, -0.1) is 0 Å². The summed E-state index contributed by atoms with van der Waals surface area (Å²) in [5.74, 6) is -1.43. The lowest BCUT2D eigenvalue weighted by Gasteiger charge is -2.58. The van der Waals surface area contributed by atoms with Crippen LogP contribution in [0.2, 0.25) is 0 Å². The Balaban J connectivity index is 2.24. The fourth-order valence-electron chi connectivity index (χ4n) is 2.93. The van der Waals surface area contributed by atoms with E-state index >= 15 is 0 Å². The molecular formula is C16H20BrNO4. The van der Waals surface area contributed by atoms with Gasteiger partial charge in [0.25, 0.3) is 5.91 Å². The number of aliphatic carboxylic acids is 1. The molecule has 2 N–H and O–H groups in total. The number of amides is 1. The van der Waals surface area contributed by atoms with Crippen LogP contribution in [0, 0.1) is 5.41 Å². The second-order valence-corrected chi connectivity index (χ2v) is 6.96. The van der Waals surface area contributed by atoms with Crippen LogP contribution < -0.4 is 5.32 Å². The average molecular weight is 370 g/mol. The maximum absolute atomic E-state index is 12.4. The lowest BCUT2D eigenvalue weighted by Crippen LogP contribution is -2.76. The highest BCUT2D eigenvalue weighted by molar-refractivity contribution is 9.10. The van der Waals surface area contributed by atoms with E-state index in [1.54, 1.807) is 18.2 Å². The molecule has 0 heterocycles. The van der Waals surface area contributed by atoms with Crippen LogP contribution >= 0.6 is 15.9 Å². The molecule has 120 valence electrons. The first-order valence-corrected chi connectivity index (χ1v) is 7.97. The lowest BCUT2D eigenvalue weighted by atomic mass is 9.54. The number of nitrogens with one attached hydrogen (secondary N) is 1. The van der Waals surface area contributed by atoms with Crippen molar-refractivity contribution in [3.05, 3.63) is 34.3 Å². The Morgan fingerprint density at radius 3 is 2.64 bits per heavy atom. The quantitative estimate of drug-likeness (QED) is 0.836. The van der Waals surface area contributed by atoms with Crippen LogP contribution in [0.1, 0.15) is 37.6 Å². The standard InChI is InChI=1S/C16H20BrNO4/c1-4-22-12-9-16(14(20)21,15(12,2)3)18-13(19)10-6-5-7-11(17)8-10/h5-8,12H,4,9H2,1-3H3,(H,18,19)(H,20,21). The van der Waals surface area contributed by atoms with Gasteiger partial charge in [0.2, 0.25) is 0 Å². The summed E-state index contributed by atoms with van der Waals surface area (Å²) in [4.78, 5) is 24.2. The van der Waals surface area contributed by atoms with Crippen LogP contribution in [0.15, 0.2) is 28.7 Å². The Morgan fingerprint density at radius 2 is 2.14 bits per heavy atom. The van der Waals surface area contributed by atoms with Gasteiger partial charge in [-0.05, 0) is 25.1 Å². The van der Waals surface area contributed by atoms with Crippen LogP contribution in [-0.4, -0.2) is 35.2 Å². The highest BCUT2D eigenvalue weighted by Gasteiger charge is 2.66. The van der Waals surface area contributed by atoms with Crippen LogP contribution in [-0.2, 0) is 9.53 Å². The van der Waals surface area contributed by atoms with Crippen LogP contribution in [0.3, 0.4) is 0 Å². The van der Waals surface area contributed by atoms with Crippen molar-refractivity contribution < 1.29 is 19.4 Å². The number of ether oxygens (including phenoxy) is 1. The molecule has 1 saturated carbocycles. The fourth-order valence-corrected chi connectivity index (χ4v) is 3.33. The molecule has 2 atom stereocenters. The van der Waals surface area contributed by atoms with E-state index in [0.717, 1.165) is 4.47 Å². The van der Waals surface area contributed by atoms with Crippen molar-refractivity contribution >= 4 is 27.8 Å². The number of hydrogen-bond donors (Lipinski definition) is 2. The third-order valence-corrected chi connectivity index (χ3v) is 5.04. The molecule has 1 aromatic carbocycles. The first-order chi connectivity index (χ1) is 10.2. The summed E-state index contributed by atoms with van der Waals surface area (Å²) < 4.78 is 6.35. The van der Waals surface area contributed by atoms with Crippen molar-refractivity contribution in [1.29, 1.82) is 0 Å². The fraction of sp³-hybridized carbons (Fsp3) is 0.500. The number of carboxylic acids is 1. The van der Waals surface area contributed by atoms with Gasteiger partial charge in [0.15, 0.2) is 0 Å². The Bertz CT molecular complexity index is 602. The van der Waals surface area contributed by atoms with Gasteiger partial charge in [0, 0.05) is 28.5 Å². The minimum atomic E-state index is -1.31. The molecular weight excluding hydrogens is 350 g/mol. The SMILES string of the molecule is CCOC1CC(NC(=O)c2cccc(Br)c2)(C(=O)O)C1(C)C. The van der Waals surface area contributed by atoms with E-state index in [9.17, 15) is 14.7 Å². The van der Waals surface area contributed by atoms with Gasteiger partial charge in [-0.2, -0.15) is 0 Å². The van der Waals surface area contributed by atoms with Gasteiger partial charge in [-0.3, -0.25) is 4.79 Å². The molecule has 0 spiro atoms. The van der Waals surface area contributed by atoms with Crippen LogP contribution in [0.5, 0.6) is 0 Å². The average Bonchev–Trinajstić information content (AvgIpc) is 2.45. The highest BCUT2D eigenvalue weighted by Crippen LogP contribution is 2.51. The van der Waals surface area contributed by atoms with Crippen molar-refractivity contribution in [2.24, 2.45) is 5.41 Å². The van der Waals surface area contributed by atoms with Crippen molar-refractivity contribution in [2.75, 3.05) is 6.61 Å². The zero-order chi connectivity index (χ0) is 16.5. The van der Waals surface area contributed by atoms with Gasteiger partial charge >= 0.3 is 5.97 Å². The summed E-state index contributed by atoms with van der Waals surface area (Å²) in [5, 5.41) is 12.4. The van der Waals surface area contributed by atoms with E-state index in [1.807, 2.05) is 26.8 Å². The van der Waals surface area contributed by atoms with E-state index in [0.29, 0.717) is 12.2 Å². The summed E-state index contributed by atoms with van der Waals surface area (Å²) in [5.41, 5.74) is -1.58. The Labute approximate surface area is 138 Å². The second kappa shape index (κ2) is 6.01. The van der Waals surface area contributed by atoms with Gasteiger partial charge in [0.1, 0.15) is 5.54 Å². The predicted octanol–water partition coefficient (Wildman–Crippen LogP) is 2.84. The Hall–Kier alpha value is -1.40. The topological polar surface area (TPSA) is 75.6 Å². The van der Waals surface area contributed by atoms with E-state index in [2.05, 4.69) is 21.2 Å². The smallest absolute Gasteiger partial charge is 0.330 e. The Kier molecular flexibility index (Phi) is 4.63. The number of carbonyl (C=O) groups is 2. The molecule has 1 aliphatic carbocycles.